The van der Waals surface area contributed by atoms with E-state index in [1.807, 2.05) is 48.7 Å². The molecule has 2 heterocycles. The minimum Gasteiger partial charge on any atom is -0.342 e. The first kappa shape index (κ1) is 16.4. The average Bonchev–Trinajstić information content (AvgIpc) is 3.10. The van der Waals surface area contributed by atoms with Crippen LogP contribution in [-0.2, 0) is 6.54 Å². The first-order valence-electron chi connectivity index (χ1n) is 9.10. The number of fused-ring (bicyclic) bond motifs is 2. The summed E-state index contributed by atoms with van der Waals surface area (Å²) in [5.74, 6) is -0.393. The van der Waals surface area contributed by atoms with Crippen molar-refractivity contribution in [2.45, 2.75) is 6.54 Å². The maximum absolute atomic E-state index is 13.1. The molecule has 0 fully saturated rings. The molecule has 4 heteroatoms. The fourth-order valence-corrected chi connectivity index (χ4v) is 3.77. The summed E-state index contributed by atoms with van der Waals surface area (Å²) >= 11 is 0. The van der Waals surface area contributed by atoms with Gasteiger partial charge in [0.25, 0.3) is 0 Å². The molecule has 2 aromatic carbocycles. The molecule has 0 aliphatic heterocycles. The van der Waals surface area contributed by atoms with E-state index in [4.69, 9.17) is 0 Å². The summed E-state index contributed by atoms with van der Waals surface area (Å²) in [6, 6.07) is 21.5. The van der Waals surface area contributed by atoms with Crippen molar-refractivity contribution in [3.05, 3.63) is 108 Å². The van der Waals surface area contributed by atoms with Crippen molar-refractivity contribution in [3.63, 3.8) is 0 Å². The van der Waals surface area contributed by atoms with Crippen LogP contribution in [0.5, 0.6) is 0 Å². The molecule has 1 aliphatic carbocycles. The van der Waals surface area contributed by atoms with Crippen molar-refractivity contribution < 1.29 is 9.59 Å². The highest BCUT2D eigenvalue weighted by Gasteiger charge is 2.29. The van der Waals surface area contributed by atoms with Crippen LogP contribution in [0.2, 0.25) is 0 Å². The van der Waals surface area contributed by atoms with Crippen molar-refractivity contribution in [2.24, 2.45) is 0 Å². The Kier molecular flexibility index (Phi) is 3.76. The number of hydrogen-bond acceptors (Lipinski definition) is 3. The molecule has 28 heavy (non-hydrogen) atoms. The van der Waals surface area contributed by atoms with Crippen molar-refractivity contribution >= 4 is 28.0 Å². The highest BCUT2D eigenvalue weighted by Crippen LogP contribution is 2.33. The van der Waals surface area contributed by atoms with Gasteiger partial charge in [0, 0.05) is 41.0 Å². The number of Topliss-reactive ketones (excluding diaryl/α,β-unsaturated/α-hetero) is 1. The number of carbonyl (C=O) groups is 2. The van der Waals surface area contributed by atoms with Crippen molar-refractivity contribution in [3.8, 4) is 0 Å². The SMILES string of the molecule is O=C1C(c2cn(Cc3ccccc3)c3ccccc23)=CC(=O)c2ncccc21. The number of carbonyl (C=O) groups excluding carboxylic acids is 2. The van der Waals surface area contributed by atoms with Gasteiger partial charge in [-0.15, -0.1) is 0 Å². The van der Waals surface area contributed by atoms with Crippen molar-refractivity contribution in [1.29, 1.82) is 0 Å². The standard InChI is InChI=1S/C24H16N2O2/c27-22-13-19(24(28)18-10-6-12-25-23(18)22)20-15-26(14-16-7-2-1-3-8-16)21-11-5-4-9-17(20)21/h1-13,15H,14H2. The molecule has 0 radical (unpaired) electrons. The van der Waals surface area contributed by atoms with Crippen LogP contribution in [0.4, 0.5) is 0 Å². The van der Waals surface area contributed by atoms with Crippen LogP contribution >= 0.6 is 0 Å². The van der Waals surface area contributed by atoms with E-state index in [2.05, 4.69) is 21.7 Å². The first-order chi connectivity index (χ1) is 13.7. The van der Waals surface area contributed by atoms with Gasteiger partial charge in [-0.25, -0.2) is 0 Å². The second kappa shape index (κ2) is 6.43. The quantitative estimate of drug-likeness (QED) is 0.536. The fraction of sp³-hybridized carbons (Fsp3) is 0.0417. The van der Waals surface area contributed by atoms with E-state index >= 15 is 0 Å². The van der Waals surface area contributed by atoms with Crippen LogP contribution < -0.4 is 0 Å². The number of para-hydroxylation sites is 1. The lowest BCUT2D eigenvalue weighted by atomic mass is 9.89. The average molecular weight is 364 g/mol. The minimum absolute atomic E-state index is 0.162. The third kappa shape index (κ3) is 2.58. The predicted octanol–water partition coefficient (Wildman–Crippen LogP) is 4.55. The van der Waals surface area contributed by atoms with Crippen LogP contribution in [0, 0.1) is 0 Å². The minimum atomic E-state index is -0.231. The third-order valence-electron chi connectivity index (χ3n) is 5.08. The number of nitrogens with zero attached hydrogens (tertiary/aromatic N) is 2. The monoisotopic (exact) mass is 364 g/mol. The van der Waals surface area contributed by atoms with E-state index < -0.39 is 0 Å². The molecule has 134 valence electrons. The van der Waals surface area contributed by atoms with Crippen LogP contribution in [0.3, 0.4) is 0 Å². The normalized spacial score (nSPS) is 13.5. The summed E-state index contributed by atoms with van der Waals surface area (Å²) < 4.78 is 2.12. The Hall–Kier alpha value is -3.79. The maximum Gasteiger partial charge on any atom is 0.205 e. The molecular formula is C24H16N2O2. The molecule has 4 aromatic rings. The van der Waals surface area contributed by atoms with E-state index in [1.54, 1.807) is 12.1 Å². The third-order valence-corrected chi connectivity index (χ3v) is 5.08. The van der Waals surface area contributed by atoms with Crippen LogP contribution in [0.1, 0.15) is 32.0 Å². The smallest absolute Gasteiger partial charge is 0.205 e. The first-order valence-corrected chi connectivity index (χ1v) is 9.10. The highest BCUT2D eigenvalue weighted by molar-refractivity contribution is 6.39. The Bertz CT molecular complexity index is 1270. The molecule has 0 saturated carbocycles. The topological polar surface area (TPSA) is 52.0 Å². The van der Waals surface area contributed by atoms with Gasteiger partial charge in [-0.3, -0.25) is 14.6 Å². The molecule has 0 spiro atoms. The van der Waals surface area contributed by atoms with Crippen molar-refractivity contribution in [1.82, 2.24) is 9.55 Å². The molecule has 2 aromatic heterocycles. The lowest BCUT2D eigenvalue weighted by Crippen LogP contribution is -2.17. The van der Waals surface area contributed by atoms with Gasteiger partial charge in [-0.05, 0) is 29.8 Å². The Labute approximate surface area is 161 Å². The Balaban J connectivity index is 1.66. The van der Waals surface area contributed by atoms with Gasteiger partial charge in [0.05, 0.1) is 5.56 Å². The lowest BCUT2D eigenvalue weighted by molar-refractivity contribution is 0.0997. The molecule has 0 atom stereocenters. The number of pyridine rings is 1. The van der Waals surface area contributed by atoms with Gasteiger partial charge in [-0.1, -0.05) is 48.5 Å². The molecule has 1 aliphatic rings. The van der Waals surface area contributed by atoms with Gasteiger partial charge in [0.1, 0.15) is 5.69 Å². The highest BCUT2D eigenvalue weighted by atomic mass is 16.1. The number of hydrogen-bond donors (Lipinski definition) is 0. The molecule has 0 bridgehead atoms. The molecule has 0 amide bonds. The zero-order valence-electron chi connectivity index (χ0n) is 15.0. The van der Waals surface area contributed by atoms with E-state index in [0.29, 0.717) is 17.7 Å². The molecule has 4 nitrogen and oxygen atoms in total. The van der Waals surface area contributed by atoms with Gasteiger partial charge in [0.2, 0.25) is 5.78 Å². The Morgan fingerprint density at radius 1 is 0.821 bits per heavy atom. The summed E-state index contributed by atoms with van der Waals surface area (Å²) in [7, 11) is 0. The largest absolute Gasteiger partial charge is 0.342 e. The van der Waals surface area contributed by atoms with E-state index in [0.717, 1.165) is 16.5 Å². The van der Waals surface area contributed by atoms with Gasteiger partial charge >= 0.3 is 0 Å². The summed E-state index contributed by atoms with van der Waals surface area (Å²) in [5.41, 5.74) is 3.99. The zero-order valence-corrected chi connectivity index (χ0v) is 15.0. The molecule has 0 N–H and O–H groups in total. The van der Waals surface area contributed by atoms with E-state index in [1.165, 1.54) is 17.8 Å². The second-order valence-electron chi connectivity index (χ2n) is 6.82. The van der Waals surface area contributed by atoms with Crippen LogP contribution in [0.25, 0.3) is 16.5 Å². The lowest BCUT2D eigenvalue weighted by Gasteiger charge is -2.13. The van der Waals surface area contributed by atoms with E-state index in [-0.39, 0.29) is 17.3 Å². The zero-order chi connectivity index (χ0) is 19.1. The Morgan fingerprint density at radius 3 is 2.46 bits per heavy atom. The van der Waals surface area contributed by atoms with Crippen LogP contribution in [0.15, 0.2) is 85.2 Å². The fourth-order valence-electron chi connectivity index (χ4n) is 3.77. The maximum atomic E-state index is 13.1. The number of benzene rings is 2. The number of allylic oxidation sites excluding steroid dienone is 2. The Morgan fingerprint density at radius 2 is 1.61 bits per heavy atom. The van der Waals surface area contributed by atoms with Gasteiger partial charge in [-0.2, -0.15) is 0 Å². The number of aromatic nitrogens is 2. The summed E-state index contributed by atoms with van der Waals surface area (Å²) in [4.78, 5) is 29.7. The molecule has 0 saturated heterocycles. The van der Waals surface area contributed by atoms with Crippen LogP contribution in [-0.4, -0.2) is 21.1 Å². The number of rotatable bonds is 3. The molecular weight excluding hydrogens is 348 g/mol. The van der Waals surface area contributed by atoms with Gasteiger partial charge in [0.15, 0.2) is 5.78 Å². The molecule has 5 rings (SSSR count). The summed E-state index contributed by atoms with van der Waals surface area (Å²) in [6.45, 7) is 0.689. The second-order valence-corrected chi connectivity index (χ2v) is 6.82. The summed E-state index contributed by atoms with van der Waals surface area (Å²) in [5, 5.41) is 0.957. The van der Waals surface area contributed by atoms with Crippen molar-refractivity contribution in [2.75, 3.05) is 0 Å². The summed E-state index contributed by atoms with van der Waals surface area (Å²) in [6.07, 6.45) is 4.93. The van der Waals surface area contributed by atoms with Gasteiger partial charge < -0.3 is 4.57 Å². The molecule has 0 unspecified atom stereocenters. The number of ketones is 2. The van der Waals surface area contributed by atoms with E-state index in [9.17, 15) is 9.59 Å². The predicted molar refractivity (Wildman–Crippen MR) is 108 cm³/mol.